The van der Waals surface area contributed by atoms with Crippen molar-refractivity contribution >= 4 is 11.8 Å². The summed E-state index contributed by atoms with van der Waals surface area (Å²) >= 11 is 0. The number of hydrogen-bond acceptors (Lipinski definition) is 5. The van der Waals surface area contributed by atoms with Gasteiger partial charge in [-0.1, -0.05) is 0 Å². The van der Waals surface area contributed by atoms with Crippen molar-refractivity contribution < 1.29 is 9.59 Å². The summed E-state index contributed by atoms with van der Waals surface area (Å²) < 4.78 is 0. The van der Waals surface area contributed by atoms with E-state index in [1.165, 1.54) is 12.4 Å². The maximum Gasteiger partial charge on any atom is 0.255 e. The van der Waals surface area contributed by atoms with Crippen LogP contribution in [0.3, 0.4) is 0 Å². The van der Waals surface area contributed by atoms with Crippen LogP contribution in [-0.4, -0.2) is 82.5 Å². The lowest BCUT2D eigenvalue weighted by atomic mass is 9.83. The molecule has 2 fully saturated rings. The normalized spacial score (nSPS) is 22.2. The van der Waals surface area contributed by atoms with Gasteiger partial charge in [0.2, 0.25) is 5.91 Å². The van der Waals surface area contributed by atoms with Gasteiger partial charge in [0.25, 0.3) is 5.91 Å². The highest BCUT2D eigenvalue weighted by atomic mass is 16.2. The second kappa shape index (κ2) is 5.64. The van der Waals surface area contributed by atoms with Crippen LogP contribution in [0, 0.1) is 0 Å². The summed E-state index contributed by atoms with van der Waals surface area (Å²) in [5.74, 6) is 0.142. The third kappa shape index (κ3) is 2.35. The lowest BCUT2D eigenvalue weighted by Crippen LogP contribution is -2.67. The standard InChI is InChI=1S/C15H21N5O2/c1-18-9-10-19(2)15(14(18)22)4-7-20(8-5-15)13(21)12-3-6-16-17-11-12/h3,6,11H,4-5,7-10H2,1-2H3. The highest BCUT2D eigenvalue weighted by molar-refractivity contribution is 5.94. The molecule has 2 saturated heterocycles. The Balaban J connectivity index is 1.72. The maximum absolute atomic E-state index is 12.6. The highest BCUT2D eigenvalue weighted by Gasteiger charge is 2.48. The van der Waals surface area contributed by atoms with Crippen molar-refractivity contribution in [2.75, 3.05) is 40.3 Å². The van der Waals surface area contributed by atoms with Crippen molar-refractivity contribution in [2.24, 2.45) is 0 Å². The van der Waals surface area contributed by atoms with Gasteiger partial charge in [-0.05, 0) is 26.0 Å². The van der Waals surface area contributed by atoms with Gasteiger partial charge in [-0.3, -0.25) is 14.5 Å². The van der Waals surface area contributed by atoms with E-state index in [9.17, 15) is 9.59 Å². The van der Waals surface area contributed by atoms with Crippen molar-refractivity contribution in [1.82, 2.24) is 24.9 Å². The molecule has 118 valence electrons. The minimum absolute atomic E-state index is 0.0379. The zero-order valence-electron chi connectivity index (χ0n) is 13.0. The van der Waals surface area contributed by atoms with E-state index in [4.69, 9.17) is 0 Å². The monoisotopic (exact) mass is 303 g/mol. The predicted octanol–water partition coefficient (Wildman–Crippen LogP) is -0.145. The van der Waals surface area contributed by atoms with Crippen molar-refractivity contribution in [3.8, 4) is 0 Å². The van der Waals surface area contributed by atoms with Crippen LogP contribution >= 0.6 is 0 Å². The van der Waals surface area contributed by atoms with Crippen LogP contribution in [-0.2, 0) is 4.79 Å². The molecule has 0 aliphatic carbocycles. The Hall–Kier alpha value is -2.02. The average molecular weight is 303 g/mol. The predicted molar refractivity (Wildman–Crippen MR) is 80.2 cm³/mol. The van der Waals surface area contributed by atoms with Crippen LogP contribution in [0.25, 0.3) is 0 Å². The summed E-state index contributed by atoms with van der Waals surface area (Å²) in [5.41, 5.74) is 0.103. The van der Waals surface area contributed by atoms with Gasteiger partial charge in [0.05, 0.1) is 18.0 Å². The number of likely N-dealkylation sites (N-methyl/N-ethyl adjacent to an activating group) is 2. The van der Waals surface area contributed by atoms with E-state index in [2.05, 4.69) is 15.1 Å². The molecule has 3 rings (SSSR count). The molecule has 0 radical (unpaired) electrons. The molecule has 7 nitrogen and oxygen atoms in total. The summed E-state index contributed by atoms with van der Waals surface area (Å²) in [7, 11) is 3.87. The molecular weight excluding hydrogens is 282 g/mol. The molecular formula is C15H21N5O2. The quantitative estimate of drug-likeness (QED) is 0.722. The number of piperidine rings is 1. The van der Waals surface area contributed by atoms with Crippen molar-refractivity contribution in [3.05, 3.63) is 24.0 Å². The van der Waals surface area contributed by atoms with E-state index in [-0.39, 0.29) is 11.8 Å². The topological polar surface area (TPSA) is 69.6 Å². The van der Waals surface area contributed by atoms with Crippen LogP contribution < -0.4 is 0 Å². The Kier molecular flexibility index (Phi) is 3.82. The number of nitrogens with zero attached hydrogens (tertiary/aromatic N) is 5. The number of rotatable bonds is 1. The first-order valence-corrected chi connectivity index (χ1v) is 7.57. The first kappa shape index (κ1) is 14.9. The molecule has 2 aliphatic heterocycles. The van der Waals surface area contributed by atoms with E-state index in [0.717, 1.165) is 13.1 Å². The number of aromatic nitrogens is 2. The zero-order valence-corrected chi connectivity index (χ0v) is 13.0. The van der Waals surface area contributed by atoms with Crippen LogP contribution in [0.5, 0.6) is 0 Å². The largest absolute Gasteiger partial charge is 0.343 e. The third-order valence-electron chi connectivity index (χ3n) is 4.96. The second-order valence-corrected chi connectivity index (χ2v) is 6.10. The van der Waals surface area contributed by atoms with Crippen molar-refractivity contribution in [2.45, 2.75) is 18.4 Å². The minimum atomic E-state index is -0.444. The van der Waals surface area contributed by atoms with Gasteiger partial charge in [-0.25, -0.2) is 0 Å². The minimum Gasteiger partial charge on any atom is -0.343 e. The Morgan fingerprint density at radius 1 is 1.14 bits per heavy atom. The van der Waals surface area contributed by atoms with Gasteiger partial charge >= 0.3 is 0 Å². The molecule has 0 saturated carbocycles. The Morgan fingerprint density at radius 3 is 2.50 bits per heavy atom. The number of carbonyl (C=O) groups excluding carboxylic acids is 2. The molecule has 1 aromatic heterocycles. The molecule has 1 spiro atoms. The Morgan fingerprint density at radius 2 is 1.86 bits per heavy atom. The van der Waals surface area contributed by atoms with E-state index in [1.54, 1.807) is 11.0 Å². The number of piperazine rings is 1. The Labute approximate surface area is 129 Å². The summed E-state index contributed by atoms with van der Waals surface area (Å²) in [5, 5.41) is 7.44. The van der Waals surface area contributed by atoms with Gasteiger partial charge in [0.1, 0.15) is 5.54 Å². The van der Waals surface area contributed by atoms with Crippen molar-refractivity contribution in [1.29, 1.82) is 0 Å². The molecule has 2 aliphatic rings. The van der Waals surface area contributed by atoms with E-state index < -0.39 is 5.54 Å². The number of hydrogen-bond donors (Lipinski definition) is 0. The van der Waals surface area contributed by atoms with E-state index in [1.807, 2.05) is 19.0 Å². The fourth-order valence-corrected chi connectivity index (χ4v) is 3.41. The fourth-order valence-electron chi connectivity index (χ4n) is 3.41. The van der Waals surface area contributed by atoms with Crippen LogP contribution in [0.2, 0.25) is 0 Å². The molecule has 2 amide bonds. The van der Waals surface area contributed by atoms with Crippen LogP contribution in [0.4, 0.5) is 0 Å². The summed E-state index contributed by atoms with van der Waals surface area (Å²) in [6, 6.07) is 1.67. The lowest BCUT2D eigenvalue weighted by molar-refractivity contribution is -0.151. The molecule has 0 N–H and O–H groups in total. The Bertz CT molecular complexity index is 569. The molecule has 3 heterocycles. The third-order valence-corrected chi connectivity index (χ3v) is 4.96. The fraction of sp³-hybridized carbons (Fsp3) is 0.600. The van der Waals surface area contributed by atoms with E-state index >= 15 is 0 Å². The van der Waals surface area contributed by atoms with Gasteiger partial charge in [0.15, 0.2) is 0 Å². The second-order valence-electron chi connectivity index (χ2n) is 6.10. The molecule has 22 heavy (non-hydrogen) atoms. The van der Waals surface area contributed by atoms with E-state index in [0.29, 0.717) is 31.5 Å². The maximum atomic E-state index is 12.6. The van der Waals surface area contributed by atoms with Crippen LogP contribution in [0.15, 0.2) is 18.5 Å². The smallest absolute Gasteiger partial charge is 0.255 e. The summed E-state index contributed by atoms with van der Waals surface area (Å²) in [4.78, 5) is 30.8. The number of likely N-dealkylation sites (tertiary alicyclic amines) is 1. The van der Waals surface area contributed by atoms with Crippen molar-refractivity contribution in [3.63, 3.8) is 0 Å². The van der Waals surface area contributed by atoms with Crippen LogP contribution in [0.1, 0.15) is 23.2 Å². The summed E-state index contributed by atoms with van der Waals surface area (Å²) in [6.07, 6.45) is 4.36. The van der Waals surface area contributed by atoms with Gasteiger partial charge < -0.3 is 9.80 Å². The molecule has 0 atom stereocenters. The average Bonchev–Trinajstić information content (AvgIpc) is 2.57. The number of carbonyl (C=O) groups is 2. The molecule has 0 bridgehead atoms. The highest BCUT2D eigenvalue weighted by Crippen LogP contribution is 2.32. The van der Waals surface area contributed by atoms with Gasteiger partial charge in [-0.15, -0.1) is 0 Å². The zero-order chi connectivity index (χ0) is 15.7. The lowest BCUT2D eigenvalue weighted by Gasteiger charge is -2.50. The number of amides is 2. The summed E-state index contributed by atoms with van der Waals surface area (Å²) in [6.45, 7) is 2.82. The van der Waals surface area contributed by atoms with Gasteiger partial charge in [0, 0.05) is 33.2 Å². The molecule has 7 heteroatoms. The molecule has 0 aromatic carbocycles. The first-order valence-electron chi connectivity index (χ1n) is 7.57. The molecule has 1 aromatic rings. The van der Waals surface area contributed by atoms with Gasteiger partial charge in [-0.2, -0.15) is 10.2 Å². The first-order chi connectivity index (χ1) is 10.5. The molecule has 0 unspecified atom stereocenters. The SMILES string of the molecule is CN1CCN(C)C2(CCN(C(=O)c3ccnnc3)CC2)C1=O.